The normalized spacial score (nSPS) is 10.8. The zero-order chi connectivity index (χ0) is 19.2. The predicted octanol–water partition coefficient (Wildman–Crippen LogP) is 4.37. The zero-order valence-electron chi connectivity index (χ0n) is 15.7. The van der Waals surface area contributed by atoms with Crippen LogP contribution in [0.2, 0.25) is 0 Å². The van der Waals surface area contributed by atoms with Crippen molar-refractivity contribution in [1.29, 1.82) is 0 Å². The Morgan fingerprint density at radius 1 is 1.15 bits per heavy atom. The number of aromatic nitrogens is 1. The van der Waals surface area contributed by atoms with E-state index >= 15 is 0 Å². The molecule has 0 bridgehead atoms. The molecule has 142 valence electrons. The van der Waals surface area contributed by atoms with Gasteiger partial charge in [-0.15, -0.1) is 11.8 Å². The number of hydrogen-bond donors (Lipinski definition) is 1. The third kappa shape index (κ3) is 4.57. The monoisotopic (exact) mass is 385 g/mol. The highest BCUT2D eigenvalue weighted by Gasteiger charge is 2.12. The number of aryl methyl sites for hydroxylation is 2. The average molecular weight is 385 g/mol. The van der Waals surface area contributed by atoms with E-state index in [4.69, 9.17) is 9.47 Å². The summed E-state index contributed by atoms with van der Waals surface area (Å²) in [4.78, 5) is 15.7. The molecule has 0 fully saturated rings. The molecule has 0 unspecified atom stereocenters. The molecule has 1 aromatic heterocycles. The van der Waals surface area contributed by atoms with Gasteiger partial charge in [0, 0.05) is 33.8 Å². The molecule has 0 saturated heterocycles. The van der Waals surface area contributed by atoms with Crippen molar-refractivity contribution in [2.75, 3.05) is 26.6 Å². The summed E-state index contributed by atoms with van der Waals surface area (Å²) in [5.74, 6) is 1.88. The highest BCUT2D eigenvalue weighted by Crippen LogP contribution is 2.36. The molecular formula is C21H23NO4S. The summed E-state index contributed by atoms with van der Waals surface area (Å²) >= 11 is 1.74. The Bertz CT molecular complexity index is 935. The van der Waals surface area contributed by atoms with Crippen LogP contribution < -0.4 is 9.47 Å². The molecule has 1 N–H and O–H groups in total. The Morgan fingerprint density at radius 3 is 2.74 bits per heavy atom. The summed E-state index contributed by atoms with van der Waals surface area (Å²) in [5.41, 5.74) is 3.43. The number of methoxy groups -OCH3 is 2. The Kier molecular flexibility index (Phi) is 6.29. The maximum absolute atomic E-state index is 11.3. The highest BCUT2D eigenvalue weighted by atomic mass is 32.2. The lowest BCUT2D eigenvalue weighted by Gasteiger charge is -2.14. The zero-order valence-corrected chi connectivity index (χ0v) is 16.5. The number of ether oxygens (including phenoxy) is 3. The number of thioether (sulfide) groups is 1. The van der Waals surface area contributed by atoms with Gasteiger partial charge in [-0.1, -0.05) is 18.2 Å². The van der Waals surface area contributed by atoms with E-state index < -0.39 is 5.97 Å². The van der Waals surface area contributed by atoms with Crippen LogP contribution in [0.15, 0.2) is 47.5 Å². The third-order valence-electron chi connectivity index (χ3n) is 4.34. The molecular weight excluding hydrogens is 362 g/mol. The first-order valence-electron chi connectivity index (χ1n) is 8.68. The SMILES string of the molecule is COC(=O)COc1cc(OC)c(SCCc2c[nH]c3ccccc23)cc1C. The van der Waals surface area contributed by atoms with Crippen LogP contribution in [0.25, 0.3) is 10.9 Å². The van der Waals surface area contributed by atoms with Crippen molar-refractivity contribution in [2.24, 2.45) is 0 Å². The van der Waals surface area contributed by atoms with Gasteiger partial charge in [0.15, 0.2) is 6.61 Å². The number of fused-ring (bicyclic) bond motifs is 1. The first-order valence-corrected chi connectivity index (χ1v) is 9.67. The van der Waals surface area contributed by atoms with Gasteiger partial charge in [0.1, 0.15) is 11.5 Å². The largest absolute Gasteiger partial charge is 0.495 e. The van der Waals surface area contributed by atoms with E-state index in [2.05, 4.69) is 34.1 Å². The quantitative estimate of drug-likeness (QED) is 0.461. The molecule has 5 nitrogen and oxygen atoms in total. The second-order valence-electron chi connectivity index (χ2n) is 6.09. The fourth-order valence-corrected chi connectivity index (χ4v) is 3.96. The van der Waals surface area contributed by atoms with Crippen molar-refractivity contribution < 1.29 is 19.0 Å². The molecule has 0 aliphatic heterocycles. The van der Waals surface area contributed by atoms with Gasteiger partial charge in [-0.2, -0.15) is 0 Å². The lowest BCUT2D eigenvalue weighted by molar-refractivity contribution is -0.142. The van der Waals surface area contributed by atoms with Crippen LogP contribution in [0.5, 0.6) is 11.5 Å². The van der Waals surface area contributed by atoms with Crippen LogP contribution >= 0.6 is 11.8 Å². The van der Waals surface area contributed by atoms with E-state index in [1.165, 1.54) is 18.1 Å². The molecule has 0 spiro atoms. The maximum atomic E-state index is 11.3. The molecule has 6 heteroatoms. The van der Waals surface area contributed by atoms with Gasteiger partial charge in [0.2, 0.25) is 0 Å². The van der Waals surface area contributed by atoms with Crippen molar-refractivity contribution in [1.82, 2.24) is 4.98 Å². The number of nitrogens with one attached hydrogen (secondary N) is 1. The number of hydrogen-bond acceptors (Lipinski definition) is 5. The topological polar surface area (TPSA) is 60.6 Å². The van der Waals surface area contributed by atoms with Crippen molar-refractivity contribution in [2.45, 2.75) is 18.2 Å². The Morgan fingerprint density at radius 2 is 1.96 bits per heavy atom. The summed E-state index contributed by atoms with van der Waals surface area (Å²) in [7, 11) is 2.98. The van der Waals surface area contributed by atoms with E-state index in [0.29, 0.717) is 5.75 Å². The number of aromatic amines is 1. The average Bonchev–Trinajstić information content (AvgIpc) is 3.10. The summed E-state index contributed by atoms with van der Waals surface area (Å²) in [6.45, 7) is 1.84. The number of rotatable bonds is 8. The highest BCUT2D eigenvalue weighted by molar-refractivity contribution is 7.99. The van der Waals surface area contributed by atoms with Gasteiger partial charge < -0.3 is 19.2 Å². The smallest absolute Gasteiger partial charge is 0.343 e. The fourth-order valence-electron chi connectivity index (χ4n) is 2.88. The minimum atomic E-state index is -0.412. The Labute approximate surface area is 163 Å². The van der Waals surface area contributed by atoms with E-state index in [0.717, 1.165) is 33.9 Å². The standard InChI is InChI=1S/C21H23NO4S/c1-14-10-20(19(24-2)11-18(14)26-13-21(23)25-3)27-9-8-15-12-22-17-7-5-4-6-16(15)17/h4-7,10-12,22H,8-9,13H2,1-3H3. The molecule has 3 rings (SSSR count). The maximum Gasteiger partial charge on any atom is 0.343 e. The number of benzene rings is 2. The molecule has 0 amide bonds. The number of para-hydroxylation sites is 1. The van der Waals surface area contributed by atoms with E-state index in [1.54, 1.807) is 18.9 Å². The van der Waals surface area contributed by atoms with E-state index in [-0.39, 0.29) is 6.61 Å². The second kappa shape index (κ2) is 8.86. The first kappa shape index (κ1) is 19.2. The van der Waals surface area contributed by atoms with Gasteiger partial charge in [-0.05, 0) is 36.6 Å². The molecule has 0 atom stereocenters. The van der Waals surface area contributed by atoms with Crippen molar-refractivity contribution in [3.05, 3.63) is 53.7 Å². The van der Waals surface area contributed by atoms with Crippen LogP contribution in [0.1, 0.15) is 11.1 Å². The molecule has 0 aliphatic rings. The van der Waals surface area contributed by atoms with Crippen LogP contribution in [0.4, 0.5) is 0 Å². The van der Waals surface area contributed by atoms with Gasteiger partial charge in [0.25, 0.3) is 0 Å². The fraction of sp³-hybridized carbons (Fsp3) is 0.286. The van der Waals surface area contributed by atoms with Gasteiger partial charge >= 0.3 is 5.97 Å². The number of esters is 1. The van der Waals surface area contributed by atoms with Gasteiger partial charge in [-0.3, -0.25) is 0 Å². The summed E-state index contributed by atoms with van der Waals surface area (Å²) in [6, 6.07) is 12.2. The molecule has 2 aromatic carbocycles. The number of carbonyl (C=O) groups is 1. The van der Waals surface area contributed by atoms with E-state index in [9.17, 15) is 4.79 Å². The van der Waals surface area contributed by atoms with Crippen LogP contribution in [0, 0.1) is 6.92 Å². The van der Waals surface area contributed by atoms with E-state index in [1.807, 2.05) is 25.1 Å². The lowest BCUT2D eigenvalue weighted by atomic mass is 10.1. The van der Waals surface area contributed by atoms with Crippen molar-refractivity contribution in [3.8, 4) is 11.5 Å². The predicted molar refractivity (Wildman–Crippen MR) is 108 cm³/mol. The number of H-pyrrole nitrogens is 1. The number of carbonyl (C=O) groups excluding carboxylic acids is 1. The first-order chi connectivity index (χ1) is 13.1. The molecule has 3 aromatic rings. The minimum absolute atomic E-state index is 0.118. The van der Waals surface area contributed by atoms with Crippen LogP contribution in [-0.4, -0.2) is 37.5 Å². The minimum Gasteiger partial charge on any atom is -0.495 e. The Balaban J connectivity index is 1.67. The summed E-state index contributed by atoms with van der Waals surface area (Å²) in [6.07, 6.45) is 3.04. The van der Waals surface area contributed by atoms with Gasteiger partial charge in [-0.25, -0.2) is 4.79 Å². The van der Waals surface area contributed by atoms with Gasteiger partial charge in [0.05, 0.1) is 14.2 Å². The molecule has 27 heavy (non-hydrogen) atoms. The second-order valence-corrected chi connectivity index (χ2v) is 7.23. The summed E-state index contributed by atoms with van der Waals surface area (Å²) < 4.78 is 15.6. The van der Waals surface area contributed by atoms with Crippen molar-refractivity contribution >= 4 is 28.6 Å². The molecule has 1 heterocycles. The molecule has 0 aliphatic carbocycles. The van der Waals surface area contributed by atoms with Crippen LogP contribution in [-0.2, 0) is 16.0 Å². The van der Waals surface area contributed by atoms with Crippen molar-refractivity contribution in [3.63, 3.8) is 0 Å². The summed E-state index contributed by atoms with van der Waals surface area (Å²) in [5, 5.41) is 1.27. The third-order valence-corrected chi connectivity index (χ3v) is 5.38. The Hall–Kier alpha value is -2.60. The van der Waals surface area contributed by atoms with Crippen LogP contribution in [0.3, 0.4) is 0 Å². The molecule has 0 radical (unpaired) electrons. The lowest BCUT2D eigenvalue weighted by Crippen LogP contribution is -2.13. The molecule has 0 saturated carbocycles.